The molecule has 6 nitrogen and oxygen atoms in total. The third-order valence-corrected chi connectivity index (χ3v) is 10.1. The normalized spacial score (nSPS) is 27.2. The molecule has 2 bridgehead atoms. The molecule has 4 aliphatic rings. The van der Waals surface area contributed by atoms with Gasteiger partial charge in [-0.2, -0.15) is 0 Å². The summed E-state index contributed by atoms with van der Waals surface area (Å²) in [5, 5.41) is 0.464. The summed E-state index contributed by atoms with van der Waals surface area (Å²) in [4.78, 5) is 53.5. The second kappa shape index (κ2) is 9.69. The summed E-state index contributed by atoms with van der Waals surface area (Å²) >= 11 is 20.9. The van der Waals surface area contributed by atoms with Crippen molar-refractivity contribution in [3.05, 3.63) is 106 Å². The van der Waals surface area contributed by atoms with Crippen molar-refractivity contribution in [1.82, 2.24) is 4.90 Å². The Labute approximate surface area is 252 Å². The molecule has 0 saturated carbocycles. The Morgan fingerprint density at radius 2 is 1.17 bits per heavy atom. The van der Waals surface area contributed by atoms with E-state index in [9.17, 15) is 19.2 Å². The smallest absolute Gasteiger partial charge is 0.330 e. The molecular formula is C32H26Cl3NO5. The maximum absolute atomic E-state index is 14.3. The fourth-order valence-corrected chi connectivity index (χ4v) is 8.01. The summed E-state index contributed by atoms with van der Waals surface area (Å²) in [6, 6.07) is 19.6. The number of nitrogens with zero attached hydrogens (tertiary/aromatic N) is 1. The Bertz CT molecular complexity index is 1500. The third-order valence-electron chi connectivity index (χ3n) is 8.56. The van der Waals surface area contributed by atoms with Crippen LogP contribution in [0.15, 0.2) is 72.8 Å². The Balaban J connectivity index is 1.39. The van der Waals surface area contributed by atoms with E-state index < -0.39 is 63.2 Å². The molecule has 3 aliphatic carbocycles. The molecule has 0 spiro atoms. The number of likely N-dealkylation sites (tertiary alicyclic amines) is 1. The van der Waals surface area contributed by atoms with Crippen LogP contribution in [-0.4, -0.2) is 40.6 Å². The average Bonchev–Trinajstić information content (AvgIpc) is 3.22. The van der Waals surface area contributed by atoms with E-state index in [2.05, 4.69) is 0 Å². The van der Waals surface area contributed by atoms with Crippen molar-refractivity contribution in [2.75, 3.05) is 0 Å². The van der Waals surface area contributed by atoms with E-state index in [1.165, 1.54) is 19.1 Å². The predicted octanol–water partition coefficient (Wildman–Crippen LogP) is 6.07. The fraction of sp³-hybridized carbons (Fsp3) is 0.312. The molecule has 41 heavy (non-hydrogen) atoms. The molecule has 0 unspecified atom stereocenters. The monoisotopic (exact) mass is 609 g/mol. The summed E-state index contributed by atoms with van der Waals surface area (Å²) in [7, 11) is 0. The number of esters is 1. The maximum Gasteiger partial charge on any atom is 0.330 e. The predicted molar refractivity (Wildman–Crippen MR) is 155 cm³/mol. The topological polar surface area (TPSA) is 80.8 Å². The first-order chi connectivity index (χ1) is 19.4. The summed E-state index contributed by atoms with van der Waals surface area (Å²) in [5.41, 5.74) is 3.00. The Morgan fingerprint density at radius 3 is 1.56 bits per heavy atom. The maximum atomic E-state index is 14.3. The van der Waals surface area contributed by atoms with Crippen LogP contribution >= 0.6 is 34.8 Å². The molecule has 0 aromatic heterocycles. The minimum absolute atomic E-state index is 0.315. The Kier molecular flexibility index (Phi) is 6.60. The molecule has 4 atom stereocenters. The van der Waals surface area contributed by atoms with Crippen LogP contribution in [0.25, 0.3) is 0 Å². The minimum Gasteiger partial charge on any atom is -0.453 e. The largest absolute Gasteiger partial charge is 0.453 e. The number of amides is 2. The SMILES string of the molecule is CC(C)[C@@H](C(=O)O[C@H](C)C(=O)c1ccc(Cl)cc1)N1C(=O)[C@@H]2[C@H](C1=O)C1(Cl)c3ccccc3C2(Cl)c2ccccc21. The number of benzene rings is 3. The minimum atomic E-state index is -1.36. The summed E-state index contributed by atoms with van der Waals surface area (Å²) in [6.45, 7) is 4.88. The number of hydrogen-bond acceptors (Lipinski definition) is 5. The zero-order valence-electron chi connectivity index (χ0n) is 22.4. The average molecular weight is 611 g/mol. The van der Waals surface area contributed by atoms with Crippen molar-refractivity contribution < 1.29 is 23.9 Å². The number of ether oxygens (including phenoxy) is 1. The van der Waals surface area contributed by atoms with Crippen LogP contribution in [0.4, 0.5) is 0 Å². The van der Waals surface area contributed by atoms with Gasteiger partial charge in [0.15, 0.2) is 6.10 Å². The standard InChI is InChI=1S/C32H26Cl3NO5/c1-16(2)26(30(40)41-17(3)27(37)18-12-14-19(33)15-13-18)36-28(38)24-25(29(36)39)32(35)21-9-5-4-8-20(21)31(24,34)22-10-6-7-11-23(22)32/h4-17,24-26H,1-3H3/t17-,24-,25+,26+,31?,32?/m1/s1. The van der Waals surface area contributed by atoms with Gasteiger partial charge in [-0.3, -0.25) is 19.3 Å². The number of alkyl halides is 2. The third kappa shape index (κ3) is 3.77. The molecule has 3 aromatic carbocycles. The summed E-state index contributed by atoms with van der Waals surface area (Å²) < 4.78 is 5.59. The van der Waals surface area contributed by atoms with E-state index in [1.54, 1.807) is 26.0 Å². The number of Topliss-reactive ketones (excluding diaryl/α,β-unsaturated/α-hetero) is 1. The number of hydrogen-bond donors (Lipinski definition) is 0. The molecule has 2 amide bonds. The Morgan fingerprint density at radius 1 is 0.756 bits per heavy atom. The van der Waals surface area contributed by atoms with E-state index in [1.807, 2.05) is 48.5 Å². The number of rotatable bonds is 6. The lowest BCUT2D eigenvalue weighted by Crippen LogP contribution is -2.57. The first kappa shape index (κ1) is 28.0. The summed E-state index contributed by atoms with van der Waals surface area (Å²) in [6.07, 6.45) is -1.16. The van der Waals surface area contributed by atoms with Crippen LogP contribution in [-0.2, 0) is 28.9 Å². The molecule has 1 fully saturated rings. The van der Waals surface area contributed by atoms with Gasteiger partial charge >= 0.3 is 5.97 Å². The van der Waals surface area contributed by atoms with Crippen LogP contribution < -0.4 is 0 Å². The second-order valence-electron chi connectivity index (χ2n) is 11.2. The first-order valence-electron chi connectivity index (χ1n) is 13.4. The lowest BCUT2D eigenvalue weighted by Gasteiger charge is -2.54. The van der Waals surface area contributed by atoms with Crippen LogP contribution in [0.3, 0.4) is 0 Å². The van der Waals surface area contributed by atoms with Crippen molar-refractivity contribution >= 4 is 58.4 Å². The van der Waals surface area contributed by atoms with Crippen molar-refractivity contribution in [2.24, 2.45) is 17.8 Å². The zero-order chi connectivity index (χ0) is 29.4. The van der Waals surface area contributed by atoms with Gasteiger partial charge < -0.3 is 4.74 Å². The van der Waals surface area contributed by atoms with E-state index in [0.717, 1.165) is 4.90 Å². The van der Waals surface area contributed by atoms with Crippen molar-refractivity contribution in [3.63, 3.8) is 0 Å². The summed E-state index contributed by atoms with van der Waals surface area (Å²) in [5.74, 6) is -5.07. The van der Waals surface area contributed by atoms with Gasteiger partial charge in [0.1, 0.15) is 15.8 Å². The number of halogens is 3. The number of imide groups is 1. The van der Waals surface area contributed by atoms with Gasteiger partial charge in [0.05, 0.1) is 11.8 Å². The van der Waals surface area contributed by atoms with Gasteiger partial charge in [-0.1, -0.05) is 74.0 Å². The van der Waals surface area contributed by atoms with Crippen LogP contribution in [0.5, 0.6) is 0 Å². The highest BCUT2D eigenvalue weighted by Gasteiger charge is 2.74. The Hall–Kier alpha value is -3.19. The quantitative estimate of drug-likeness (QED) is 0.146. The molecule has 0 radical (unpaired) electrons. The zero-order valence-corrected chi connectivity index (χ0v) is 24.7. The van der Waals surface area contributed by atoms with Gasteiger partial charge in [-0.25, -0.2) is 4.79 Å². The molecular weight excluding hydrogens is 585 g/mol. The van der Waals surface area contributed by atoms with Crippen LogP contribution in [0.1, 0.15) is 53.4 Å². The lowest BCUT2D eigenvalue weighted by molar-refractivity contribution is -0.162. The van der Waals surface area contributed by atoms with Gasteiger partial charge in [0.25, 0.3) is 0 Å². The lowest BCUT2D eigenvalue weighted by atomic mass is 9.54. The van der Waals surface area contributed by atoms with Crippen molar-refractivity contribution in [3.8, 4) is 0 Å². The molecule has 3 aromatic rings. The highest BCUT2D eigenvalue weighted by Crippen LogP contribution is 2.69. The molecule has 210 valence electrons. The molecule has 1 saturated heterocycles. The number of carbonyl (C=O) groups is 4. The van der Waals surface area contributed by atoms with Gasteiger partial charge in [-0.05, 0) is 59.4 Å². The molecule has 7 rings (SSSR count). The van der Waals surface area contributed by atoms with E-state index in [4.69, 9.17) is 39.5 Å². The fourth-order valence-electron chi connectivity index (χ4n) is 6.78. The van der Waals surface area contributed by atoms with Gasteiger partial charge in [-0.15, -0.1) is 23.2 Å². The van der Waals surface area contributed by atoms with Crippen molar-refractivity contribution in [1.29, 1.82) is 0 Å². The molecule has 9 heteroatoms. The second-order valence-corrected chi connectivity index (χ2v) is 12.8. The number of carbonyl (C=O) groups excluding carboxylic acids is 4. The van der Waals surface area contributed by atoms with Crippen LogP contribution in [0.2, 0.25) is 5.02 Å². The molecule has 1 heterocycles. The van der Waals surface area contributed by atoms with E-state index in [-0.39, 0.29) is 0 Å². The van der Waals surface area contributed by atoms with E-state index >= 15 is 0 Å². The molecule has 1 aliphatic heterocycles. The van der Waals surface area contributed by atoms with Gasteiger partial charge in [0, 0.05) is 10.6 Å². The first-order valence-corrected chi connectivity index (χ1v) is 14.5. The highest BCUT2D eigenvalue weighted by molar-refractivity contribution is 6.36. The van der Waals surface area contributed by atoms with Gasteiger partial charge in [0.2, 0.25) is 17.6 Å². The van der Waals surface area contributed by atoms with Crippen LogP contribution in [0, 0.1) is 17.8 Å². The number of ketones is 1. The molecule has 0 N–H and O–H groups in total. The highest BCUT2D eigenvalue weighted by atomic mass is 35.5. The van der Waals surface area contributed by atoms with Crippen molar-refractivity contribution in [2.45, 2.75) is 42.7 Å². The van der Waals surface area contributed by atoms with E-state index in [0.29, 0.717) is 32.8 Å².